The van der Waals surface area contributed by atoms with Crippen LogP contribution in [0, 0.1) is 0 Å². The largest absolute Gasteiger partial charge is 0.493 e. The molecule has 1 aliphatic heterocycles. The highest BCUT2D eigenvalue weighted by Crippen LogP contribution is 2.33. The number of rotatable bonds is 5. The summed E-state index contributed by atoms with van der Waals surface area (Å²) in [4.78, 5) is 34.5. The first-order valence-electron chi connectivity index (χ1n) is 7.54. The highest BCUT2D eigenvalue weighted by Gasteiger charge is 2.45. The van der Waals surface area contributed by atoms with Crippen LogP contribution in [0.15, 0.2) is 6.33 Å². The molecule has 13 nitrogen and oxygen atoms in total. The quantitative estimate of drug-likeness (QED) is 0.267. The van der Waals surface area contributed by atoms with E-state index in [1.165, 1.54) is 0 Å². The Morgan fingerprint density at radius 2 is 1.83 bits per heavy atom. The summed E-state index contributed by atoms with van der Waals surface area (Å²) in [5.74, 6) is -5.02. The van der Waals surface area contributed by atoms with Gasteiger partial charge in [0, 0.05) is 0 Å². The van der Waals surface area contributed by atoms with Crippen molar-refractivity contribution in [2.75, 3.05) is 13.2 Å². The van der Waals surface area contributed by atoms with Crippen LogP contribution in [0.2, 0.25) is 0 Å². The summed E-state index contributed by atoms with van der Waals surface area (Å²) in [6, 6.07) is 0. The lowest BCUT2D eigenvalue weighted by atomic mass is 10.1. The number of carboxylic acid groups (broad SMARTS) is 1. The Morgan fingerprint density at radius 3 is 2.24 bits per heavy atom. The number of amides is 1. The van der Waals surface area contributed by atoms with Gasteiger partial charge in [-0.1, -0.05) is 0 Å². The van der Waals surface area contributed by atoms with Crippen molar-refractivity contribution in [2.45, 2.75) is 30.7 Å². The molecule has 1 fully saturated rings. The van der Waals surface area contributed by atoms with Gasteiger partial charge in [0.25, 0.3) is 5.91 Å². The molecule has 8 N–H and O–H groups in total. The number of aliphatic hydroxyl groups excluding tert-OH is 2. The highest BCUT2D eigenvalue weighted by atomic mass is 19.4. The SMILES string of the molecule is NCC(=O)OC[C@H]1O[C@@H](n2cnc(C(N)=O)c2O)[C@H](O)[C@@H]1O.O=C(O)C(F)(F)F. The van der Waals surface area contributed by atoms with E-state index in [1.54, 1.807) is 0 Å². The van der Waals surface area contributed by atoms with Crippen molar-refractivity contribution in [3.05, 3.63) is 12.0 Å². The third-order valence-corrected chi connectivity index (χ3v) is 3.43. The number of primary amides is 1. The molecule has 0 spiro atoms. The molecule has 2 rings (SSSR count). The number of aromatic nitrogens is 2. The summed E-state index contributed by atoms with van der Waals surface area (Å²) < 4.78 is 42.7. The Bertz CT molecular complexity index is 754. The van der Waals surface area contributed by atoms with Gasteiger partial charge in [-0.25, -0.2) is 9.78 Å². The van der Waals surface area contributed by atoms with Gasteiger partial charge in [-0.3, -0.25) is 14.2 Å². The van der Waals surface area contributed by atoms with Crippen LogP contribution in [-0.2, 0) is 19.1 Å². The van der Waals surface area contributed by atoms with Crippen molar-refractivity contribution in [2.24, 2.45) is 11.5 Å². The summed E-state index contributed by atoms with van der Waals surface area (Å²) in [5.41, 5.74) is 9.69. The molecule has 29 heavy (non-hydrogen) atoms. The summed E-state index contributed by atoms with van der Waals surface area (Å²) in [7, 11) is 0. The summed E-state index contributed by atoms with van der Waals surface area (Å²) >= 11 is 0. The number of carbonyl (C=O) groups excluding carboxylic acids is 2. The minimum absolute atomic E-state index is 0.330. The maximum Gasteiger partial charge on any atom is 0.490 e. The minimum Gasteiger partial charge on any atom is -0.493 e. The van der Waals surface area contributed by atoms with Gasteiger partial charge in [-0.15, -0.1) is 0 Å². The zero-order chi connectivity index (χ0) is 22.5. The Hall–Kier alpha value is -2.95. The lowest BCUT2D eigenvalue weighted by molar-refractivity contribution is -0.192. The van der Waals surface area contributed by atoms with E-state index in [-0.39, 0.29) is 13.2 Å². The zero-order valence-electron chi connectivity index (χ0n) is 14.3. The lowest BCUT2D eigenvalue weighted by Gasteiger charge is -2.16. The van der Waals surface area contributed by atoms with E-state index in [1.807, 2.05) is 0 Å². The fourth-order valence-electron chi connectivity index (χ4n) is 2.05. The van der Waals surface area contributed by atoms with Crippen LogP contribution in [0.5, 0.6) is 5.88 Å². The van der Waals surface area contributed by atoms with Crippen LogP contribution in [-0.4, -0.2) is 85.5 Å². The molecule has 1 saturated heterocycles. The molecule has 0 unspecified atom stereocenters. The number of ether oxygens (including phenoxy) is 2. The van der Waals surface area contributed by atoms with Crippen LogP contribution >= 0.6 is 0 Å². The predicted molar refractivity (Wildman–Crippen MR) is 82.0 cm³/mol. The number of aliphatic hydroxyl groups is 2. The number of alkyl halides is 3. The van der Waals surface area contributed by atoms with Gasteiger partial charge in [0.15, 0.2) is 11.9 Å². The van der Waals surface area contributed by atoms with Crippen LogP contribution in [0.3, 0.4) is 0 Å². The van der Waals surface area contributed by atoms with Crippen LogP contribution in [0.25, 0.3) is 0 Å². The van der Waals surface area contributed by atoms with E-state index in [9.17, 15) is 38.1 Å². The summed E-state index contributed by atoms with van der Waals surface area (Å²) in [6.07, 6.45) is -9.13. The van der Waals surface area contributed by atoms with Gasteiger partial charge in [0.1, 0.15) is 31.2 Å². The van der Waals surface area contributed by atoms with Gasteiger partial charge >= 0.3 is 18.1 Å². The van der Waals surface area contributed by atoms with Crippen molar-refractivity contribution < 1.29 is 57.5 Å². The number of aliphatic carboxylic acids is 1. The fourth-order valence-corrected chi connectivity index (χ4v) is 2.05. The predicted octanol–water partition coefficient (Wildman–Crippen LogP) is -2.56. The molecule has 1 aromatic rings. The minimum atomic E-state index is -5.08. The number of imidazole rings is 1. The molecule has 0 aromatic carbocycles. The van der Waals surface area contributed by atoms with Gasteiger partial charge in [0.2, 0.25) is 5.88 Å². The van der Waals surface area contributed by atoms with Gasteiger partial charge in [-0.2, -0.15) is 13.2 Å². The molecule has 16 heteroatoms. The Morgan fingerprint density at radius 1 is 1.28 bits per heavy atom. The van der Waals surface area contributed by atoms with Crippen molar-refractivity contribution >= 4 is 17.8 Å². The number of nitrogens with zero attached hydrogens (tertiary/aromatic N) is 2. The second-order valence-corrected chi connectivity index (χ2v) is 5.42. The first kappa shape index (κ1) is 24.1. The van der Waals surface area contributed by atoms with Crippen molar-refractivity contribution in [1.29, 1.82) is 0 Å². The topological polar surface area (TPSA) is 220 Å². The number of halogens is 3. The van der Waals surface area contributed by atoms with Crippen LogP contribution in [0.4, 0.5) is 13.2 Å². The molecule has 1 amide bonds. The van der Waals surface area contributed by atoms with Crippen molar-refractivity contribution in [1.82, 2.24) is 9.55 Å². The molecular weight excluding hydrogens is 413 g/mol. The third-order valence-electron chi connectivity index (χ3n) is 3.43. The average molecular weight is 430 g/mol. The van der Waals surface area contributed by atoms with Gasteiger partial charge in [0.05, 0.1) is 6.54 Å². The van der Waals surface area contributed by atoms with E-state index in [0.29, 0.717) is 0 Å². The van der Waals surface area contributed by atoms with E-state index >= 15 is 0 Å². The molecule has 4 atom stereocenters. The lowest BCUT2D eigenvalue weighted by Crippen LogP contribution is -2.35. The smallest absolute Gasteiger partial charge is 0.490 e. The first-order valence-corrected chi connectivity index (χ1v) is 7.54. The number of carbonyl (C=O) groups is 3. The molecular formula is C13H17F3N4O9. The molecule has 1 aliphatic rings. The molecule has 0 aliphatic carbocycles. The van der Waals surface area contributed by atoms with E-state index in [0.717, 1.165) is 10.9 Å². The number of carboxylic acids is 1. The second-order valence-electron chi connectivity index (χ2n) is 5.42. The summed E-state index contributed by atoms with van der Waals surface area (Å²) in [6.45, 7) is -0.665. The fraction of sp³-hybridized carbons (Fsp3) is 0.538. The summed E-state index contributed by atoms with van der Waals surface area (Å²) in [5, 5.41) is 36.8. The normalized spacial score (nSPS) is 23.8. The zero-order valence-corrected chi connectivity index (χ0v) is 14.3. The monoisotopic (exact) mass is 430 g/mol. The third kappa shape index (κ3) is 6.01. The number of hydrogen-bond donors (Lipinski definition) is 6. The average Bonchev–Trinajstić information content (AvgIpc) is 3.13. The van der Waals surface area contributed by atoms with E-state index < -0.39 is 60.1 Å². The molecule has 0 saturated carbocycles. The maximum absolute atomic E-state index is 11.0. The van der Waals surface area contributed by atoms with Crippen molar-refractivity contribution in [3.8, 4) is 5.88 Å². The number of nitrogens with two attached hydrogens (primary N) is 2. The first-order chi connectivity index (χ1) is 13.3. The standard InChI is InChI=1S/C11H16N4O7.C2HF3O2/c12-1-5(16)21-2-4-7(17)8(18)11(22-4)15-3-14-6(9(13)19)10(15)20;3-2(4,5)1(6)7/h3-4,7-8,11,17-18,20H,1-2,12H2,(H2,13,19);(H,6,7)/t4-,7-,8-,11-;/m1./s1. The molecule has 164 valence electrons. The van der Waals surface area contributed by atoms with Gasteiger partial charge in [-0.05, 0) is 0 Å². The Labute approximate surface area is 159 Å². The van der Waals surface area contributed by atoms with Crippen LogP contribution < -0.4 is 11.5 Å². The van der Waals surface area contributed by atoms with E-state index in [4.69, 9.17) is 30.8 Å². The second kappa shape index (κ2) is 9.50. The molecule has 0 radical (unpaired) electrons. The molecule has 0 bridgehead atoms. The maximum atomic E-state index is 11.0. The number of esters is 1. The van der Waals surface area contributed by atoms with E-state index in [2.05, 4.69) is 4.98 Å². The number of hydrogen-bond acceptors (Lipinski definition) is 10. The van der Waals surface area contributed by atoms with Crippen LogP contribution in [0.1, 0.15) is 16.7 Å². The number of aromatic hydroxyl groups is 1. The van der Waals surface area contributed by atoms with Gasteiger partial charge < -0.3 is 41.4 Å². The Balaban J connectivity index is 0.000000516. The molecule has 1 aromatic heterocycles. The highest BCUT2D eigenvalue weighted by molar-refractivity contribution is 5.93. The Kier molecular flexibility index (Phi) is 7.89. The van der Waals surface area contributed by atoms with Crippen molar-refractivity contribution in [3.63, 3.8) is 0 Å². The molecule has 2 heterocycles.